The van der Waals surface area contributed by atoms with Crippen molar-refractivity contribution in [2.75, 3.05) is 7.11 Å². The quantitative estimate of drug-likeness (QED) is 0.308. The van der Waals surface area contributed by atoms with E-state index in [4.69, 9.17) is 4.74 Å². The van der Waals surface area contributed by atoms with E-state index in [0.717, 1.165) is 28.8 Å². The summed E-state index contributed by atoms with van der Waals surface area (Å²) in [6.07, 6.45) is 0. The summed E-state index contributed by atoms with van der Waals surface area (Å²) >= 11 is 1.46. The molecule has 1 aromatic heterocycles. The highest BCUT2D eigenvalue weighted by atomic mass is 32.2. The van der Waals surface area contributed by atoms with Crippen molar-refractivity contribution < 1.29 is 9.66 Å². The van der Waals surface area contributed by atoms with E-state index in [9.17, 15) is 10.1 Å². The van der Waals surface area contributed by atoms with E-state index in [0.29, 0.717) is 17.2 Å². The number of rotatable bonds is 8. The Bertz CT molecular complexity index is 954. The topological polar surface area (TPSA) is 83.1 Å². The molecule has 0 atom stereocenters. The molecule has 8 heteroatoms. The Kier molecular flexibility index (Phi) is 6.30. The predicted molar refractivity (Wildman–Crippen MR) is 110 cm³/mol. The summed E-state index contributed by atoms with van der Waals surface area (Å²) in [4.78, 5) is 10.9. The van der Waals surface area contributed by atoms with Crippen LogP contribution in [-0.4, -0.2) is 26.8 Å². The number of ether oxygens (including phenoxy) is 1. The summed E-state index contributed by atoms with van der Waals surface area (Å²) < 4.78 is 7.30. The van der Waals surface area contributed by atoms with Crippen LogP contribution >= 0.6 is 11.8 Å². The summed E-state index contributed by atoms with van der Waals surface area (Å²) in [5, 5.41) is 20.7. The third-order valence-electron chi connectivity index (χ3n) is 4.16. The first-order valence-corrected chi connectivity index (χ1v) is 9.91. The van der Waals surface area contributed by atoms with Gasteiger partial charge in [-0.15, -0.1) is 10.2 Å². The standard InChI is InChI=1S/C20H22N4O3S/c1-14(2)12-23-19(15-8-10-17(27-3)11-9-15)21-22-20(23)28-13-16-6-4-5-7-18(16)24(25)26/h4-11,14H,12-13H2,1-3H3. The molecule has 2 aromatic carbocycles. The molecule has 1 heterocycles. The van der Waals surface area contributed by atoms with Crippen LogP contribution < -0.4 is 4.74 Å². The number of hydrogen-bond donors (Lipinski definition) is 0. The lowest BCUT2D eigenvalue weighted by molar-refractivity contribution is -0.385. The minimum atomic E-state index is -0.350. The third-order valence-corrected chi connectivity index (χ3v) is 5.17. The van der Waals surface area contributed by atoms with Crippen molar-refractivity contribution in [3.63, 3.8) is 0 Å². The zero-order valence-electron chi connectivity index (χ0n) is 16.0. The minimum absolute atomic E-state index is 0.125. The molecule has 3 aromatic rings. The molecule has 0 saturated carbocycles. The van der Waals surface area contributed by atoms with Gasteiger partial charge in [0.25, 0.3) is 5.69 Å². The monoisotopic (exact) mass is 398 g/mol. The van der Waals surface area contributed by atoms with Gasteiger partial charge < -0.3 is 9.30 Å². The number of methoxy groups -OCH3 is 1. The van der Waals surface area contributed by atoms with E-state index in [1.807, 2.05) is 30.3 Å². The fourth-order valence-corrected chi connectivity index (χ4v) is 3.78. The number of benzene rings is 2. The van der Waals surface area contributed by atoms with Gasteiger partial charge in [0.2, 0.25) is 0 Å². The lowest BCUT2D eigenvalue weighted by Crippen LogP contribution is -2.08. The van der Waals surface area contributed by atoms with E-state index < -0.39 is 0 Å². The van der Waals surface area contributed by atoms with Crippen molar-refractivity contribution in [3.8, 4) is 17.1 Å². The smallest absolute Gasteiger partial charge is 0.273 e. The lowest BCUT2D eigenvalue weighted by Gasteiger charge is -2.13. The Labute approximate surface area is 167 Å². The van der Waals surface area contributed by atoms with Crippen molar-refractivity contribution in [2.45, 2.75) is 31.3 Å². The molecule has 0 bridgehead atoms. The van der Waals surface area contributed by atoms with Gasteiger partial charge in [-0.1, -0.05) is 43.8 Å². The lowest BCUT2D eigenvalue weighted by atomic mass is 10.2. The van der Waals surface area contributed by atoms with Crippen LogP contribution in [-0.2, 0) is 12.3 Å². The fraction of sp³-hybridized carbons (Fsp3) is 0.300. The van der Waals surface area contributed by atoms with Gasteiger partial charge >= 0.3 is 0 Å². The molecule has 7 nitrogen and oxygen atoms in total. The van der Waals surface area contributed by atoms with Crippen molar-refractivity contribution in [1.82, 2.24) is 14.8 Å². The number of hydrogen-bond acceptors (Lipinski definition) is 6. The van der Waals surface area contributed by atoms with E-state index in [2.05, 4.69) is 28.6 Å². The van der Waals surface area contributed by atoms with Crippen LogP contribution in [0.15, 0.2) is 53.7 Å². The maximum Gasteiger partial charge on any atom is 0.273 e. The maximum absolute atomic E-state index is 11.2. The Morgan fingerprint density at radius 3 is 2.50 bits per heavy atom. The number of thioether (sulfide) groups is 1. The van der Waals surface area contributed by atoms with Crippen molar-refractivity contribution >= 4 is 17.4 Å². The van der Waals surface area contributed by atoms with Crippen LogP contribution in [0.25, 0.3) is 11.4 Å². The average molecular weight is 398 g/mol. The molecule has 0 amide bonds. The van der Waals surface area contributed by atoms with Gasteiger partial charge in [-0.2, -0.15) is 0 Å². The number of nitro groups is 1. The molecular formula is C20H22N4O3S. The van der Waals surface area contributed by atoms with E-state index >= 15 is 0 Å². The molecule has 0 aliphatic carbocycles. The predicted octanol–water partition coefficient (Wildman–Crippen LogP) is 4.81. The van der Waals surface area contributed by atoms with E-state index in [1.54, 1.807) is 19.2 Å². The first kappa shape index (κ1) is 19.9. The highest BCUT2D eigenvalue weighted by Gasteiger charge is 2.18. The average Bonchev–Trinajstić information content (AvgIpc) is 3.08. The molecular weight excluding hydrogens is 376 g/mol. The van der Waals surface area contributed by atoms with Crippen LogP contribution in [0.1, 0.15) is 19.4 Å². The Balaban J connectivity index is 1.89. The summed E-state index contributed by atoms with van der Waals surface area (Å²) in [6.45, 7) is 5.02. The molecule has 28 heavy (non-hydrogen) atoms. The van der Waals surface area contributed by atoms with Crippen molar-refractivity contribution in [2.24, 2.45) is 5.92 Å². The second-order valence-corrected chi connectivity index (χ2v) is 7.66. The van der Waals surface area contributed by atoms with Crippen LogP contribution in [0.2, 0.25) is 0 Å². The Morgan fingerprint density at radius 1 is 1.14 bits per heavy atom. The van der Waals surface area contributed by atoms with Crippen LogP contribution in [0.3, 0.4) is 0 Å². The zero-order valence-corrected chi connectivity index (χ0v) is 16.8. The molecule has 0 spiro atoms. The van der Waals surface area contributed by atoms with Gasteiger partial charge in [-0.25, -0.2) is 0 Å². The number of aromatic nitrogens is 3. The van der Waals surface area contributed by atoms with E-state index in [1.165, 1.54) is 17.8 Å². The van der Waals surface area contributed by atoms with Gasteiger partial charge in [0.05, 0.1) is 12.0 Å². The second-order valence-electron chi connectivity index (χ2n) is 6.71. The van der Waals surface area contributed by atoms with Gasteiger partial charge in [0.15, 0.2) is 11.0 Å². The molecule has 0 N–H and O–H groups in total. The molecule has 3 rings (SSSR count). The van der Waals surface area contributed by atoms with Crippen molar-refractivity contribution in [3.05, 3.63) is 64.2 Å². The molecule has 146 valence electrons. The van der Waals surface area contributed by atoms with E-state index in [-0.39, 0.29) is 10.6 Å². The largest absolute Gasteiger partial charge is 0.497 e. The van der Waals surface area contributed by atoms with Gasteiger partial charge in [0, 0.05) is 29.5 Å². The van der Waals surface area contributed by atoms with Crippen LogP contribution in [0, 0.1) is 16.0 Å². The van der Waals surface area contributed by atoms with Crippen molar-refractivity contribution in [1.29, 1.82) is 0 Å². The highest BCUT2D eigenvalue weighted by Crippen LogP contribution is 2.30. The molecule has 0 fully saturated rings. The summed E-state index contributed by atoms with van der Waals surface area (Å²) in [6, 6.07) is 14.5. The highest BCUT2D eigenvalue weighted by molar-refractivity contribution is 7.98. The SMILES string of the molecule is COc1ccc(-c2nnc(SCc3ccccc3[N+](=O)[O-])n2CC(C)C)cc1. The summed E-state index contributed by atoms with van der Waals surface area (Å²) in [5.41, 5.74) is 1.74. The Hall–Kier alpha value is -2.87. The molecule has 0 saturated heterocycles. The third kappa shape index (κ3) is 4.51. The zero-order chi connectivity index (χ0) is 20.1. The van der Waals surface area contributed by atoms with Gasteiger partial charge in [0.1, 0.15) is 5.75 Å². The normalized spacial score (nSPS) is 11.0. The van der Waals surface area contributed by atoms with Crippen LogP contribution in [0.4, 0.5) is 5.69 Å². The minimum Gasteiger partial charge on any atom is -0.497 e. The molecule has 0 unspecified atom stereocenters. The fourth-order valence-electron chi connectivity index (χ4n) is 2.83. The summed E-state index contributed by atoms with van der Waals surface area (Å²) in [5.74, 6) is 2.42. The van der Waals surface area contributed by atoms with Gasteiger partial charge in [-0.05, 0) is 30.2 Å². The first-order valence-electron chi connectivity index (χ1n) is 8.92. The molecule has 0 aliphatic rings. The van der Waals surface area contributed by atoms with Crippen LogP contribution in [0.5, 0.6) is 5.75 Å². The molecule has 0 radical (unpaired) electrons. The number of nitrogens with zero attached hydrogens (tertiary/aromatic N) is 4. The maximum atomic E-state index is 11.2. The molecule has 0 aliphatic heterocycles. The number of nitro benzene ring substituents is 1. The Morgan fingerprint density at radius 2 is 1.86 bits per heavy atom. The second kappa shape index (κ2) is 8.88. The number of para-hydroxylation sites is 1. The first-order chi connectivity index (χ1) is 13.5. The summed E-state index contributed by atoms with van der Waals surface area (Å²) in [7, 11) is 1.63. The van der Waals surface area contributed by atoms with Gasteiger partial charge in [-0.3, -0.25) is 10.1 Å².